The van der Waals surface area contributed by atoms with Crippen molar-refractivity contribution in [2.24, 2.45) is 0 Å². The Morgan fingerprint density at radius 2 is 1.81 bits per heavy atom. The smallest absolute Gasteiger partial charge is 0.0828 e. The SMILES string of the molecule is CCCCOC(CCc1cccc(C)c1)c1ccccc1. The molecule has 0 aliphatic carbocycles. The zero-order chi connectivity index (χ0) is 14.9. The van der Waals surface area contributed by atoms with E-state index in [-0.39, 0.29) is 6.10 Å². The molecule has 0 heterocycles. The van der Waals surface area contributed by atoms with Crippen LogP contribution in [0, 0.1) is 6.92 Å². The quantitative estimate of drug-likeness (QED) is 0.582. The molecule has 21 heavy (non-hydrogen) atoms. The maximum Gasteiger partial charge on any atom is 0.0828 e. The first-order valence-electron chi connectivity index (χ1n) is 8.01. The van der Waals surface area contributed by atoms with E-state index in [1.165, 1.54) is 23.1 Å². The molecule has 0 spiro atoms. The molecular weight excluding hydrogens is 256 g/mol. The van der Waals surface area contributed by atoms with Crippen LogP contribution >= 0.6 is 0 Å². The number of ether oxygens (including phenoxy) is 1. The van der Waals surface area contributed by atoms with E-state index < -0.39 is 0 Å². The average Bonchev–Trinajstić information content (AvgIpc) is 2.52. The molecule has 0 N–H and O–H groups in total. The summed E-state index contributed by atoms with van der Waals surface area (Å²) < 4.78 is 6.12. The molecule has 0 saturated heterocycles. The van der Waals surface area contributed by atoms with Crippen LogP contribution < -0.4 is 0 Å². The van der Waals surface area contributed by atoms with Gasteiger partial charge >= 0.3 is 0 Å². The van der Waals surface area contributed by atoms with Crippen molar-refractivity contribution in [3.63, 3.8) is 0 Å². The summed E-state index contributed by atoms with van der Waals surface area (Å²) in [7, 11) is 0. The van der Waals surface area contributed by atoms with Gasteiger partial charge in [0.1, 0.15) is 0 Å². The summed E-state index contributed by atoms with van der Waals surface area (Å²) in [4.78, 5) is 0. The molecule has 1 heteroatoms. The van der Waals surface area contributed by atoms with E-state index in [0.29, 0.717) is 0 Å². The third-order valence-electron chi connectivity index (χ3n) is 3.77. The van der Waals surface area contributed by atoms with Crippen LogP contribution in [0.5, 0.6) is 0 Å². The number of benzene rings is 2. The Balaban J connectivity index is 1.98. The van der Waals surface area contributed by atoms with E-state index in [1.807, 2.05) is 0 Å². The average molecular weight is 282 g/mol. The number of hydrogen-bond acceptors (Lipinski definition) is 1. The first-order valence-corrected chi connectivity index (χ1v) is 8.01. The van der Waals surface area contributed by atoms with Crippen molar-refractivity contribution in [2.45, 2.75) is 45.6 Å². The Hall–Kier alpha value is -1.60. The fraction of sp³-hybridized carbons (Fsp3) is 0.400. The van der Waals surface area contributed by atoms with Crippen molar-refractivity contribution in [2.75, 3.05) is 6.61 Å². The van der Waals surface area contributed by atoms with E-state index in [2.05, 4.69) is 68.4 Å². The van der Waals surface area contributed by atoms with Gasteiger partial charge in [0.05, 0.1) is 6.10 Å². The highest BCUT2D eigenvalue weighted by Gasteiger charge is 2.11. The largest absolute Gasteiger partial charge is 0.374 e. The molecule has 0 aromatic heterocycles. The monoisotopic (exact) mass is 282 g/mol. The molecule has 1 nitrogen and oxygen atoms in total. The summed E-state index contributed by atoms with van der Waals surface area (Å²) in [5.74, 6) is 0. The second-order valence-corrected chi connectivity index (χ2v) is 5.65. The second-order valence-electron chi connectivity index (χ2n) is 5.65. The molecule has 2 rings (SSSR count). The number of rotatable bonds is 8. The lowest BCUT2D eigenvalue weighted by atomic mass is 10.0. The van der Waals surface area contributed by atoms with Gasteiger partial charge in [0.15, 0.2) is 0 Å². The highest BCUT2D eigenvalue weighted by Crippen LogP contribution is 2.23. The van der Waals surface area contributed by atoms with Crippen LogP contribution in [0.1, 0.15) is 49.0 Å². The predicted molar refractivity (Wildman–Crippen MR) is 89.5 cm³/mol. The molecule has 0 bridgehead atoms. The zero-order valence-electron chi connectivity index (χ0n) is 13.2. The van der Waals surface area contributed by atoms with Crippen LogP contribution in [-0.2, 0) is 11.2 Å². The van der Waals surface area contributed by atoms with Crippen LogP contribution in [0.3, 0.4) is 0 Å². The summed E-state index contributed by atoms with van der Waals surface area (Å²) in [6.45, 7) is 5.20. The van der Waals surface area contributed by atoms with Crippen molar-refractivity contribution in [1.82, 2.24) is 0 Å². The lowest BCUT2D eigenvalue weighted by Gasteiger charge is -2.18. The van der Waals surface area contributed by atoms with Gasteiger partial charge in [-0.15, -0.1) is 0 Å². The summed E-state index contributed by atoms with van der Waals surface area (Å²) >= 11 is 0. The van der Waals surface area contributed by atoms with Crippen molar-refractivity contribution in [1.29, 1.82) is 0 Å². The summed E-state index contributed by atoms with van der Waals surface area (Å²) in [6.07, 6.45) is 4.62. The van der Waals surface area contributed by atoms with Gasteiger partial charge < -0.3 is 4.74 Å². The van der Waals surface area contributed by atoms with Gasteiger partial charge in [0.2, 0.25) is 0 Å². The maximum atomic E-state index is 6.12. The Morgan fingerprint density at radius 3 is 2.52 bits per heavy atom. The number of hydrogen-bond donors (Lipinski definition) is 0. The van der Waals surface area contributed by atoms with Gasteiger partial charge in [-0.2, -0.15) is 0 Å². The minimum Gasteiger partial charge on any atom is -0.374 e. The topological polar surface area (TPSA) is 9.23 Å². The summed E-state index contributed by atoms with van der Waals surface area (Å²) in [6, 6.07) is 19.4. The molecular formula is C20H26O. The standard InChI is InChI=1S/C20H26O/c1-3-4-15-21-20(19-11-6-5-7-12-19)14-13-18-10-8-9-17(2)16-18/h5-12,16,20H,3-4,13-15H2,1-2H3. The molecule has 0 saturated carbocycles. The highest BCUT2D eigenvalue weighted by molar-refractivity contribution is 5.23. The first kappa shape index (κ1) is 15.8. The molecule has 0 radical (unpaired) electrons. The Morgan fingerprint density at radius 1 is 1.00 bits per heavy atom. The Labute approximate surface area is 129 Å². The lowest BCUT2D eigenvalue weighted by Crippen LogP contribution is -2.07. The normalized spacial score (nSPS) is 12.3. The van der Waals surface area contributed by atoms with Gasteiger partial charge in [-0.05, 0) is 37.3 Å². The van der Waals surface area contributed by atoms with E-state index in [4.69, 9.17) is 4.74 Å². The van der Waals surface area contributed by atoms with Crippen LogP contribution in [0.25, 0.3) is 0 Å². The molecule has 0 amide bonds. The van der Waals surface area contributed by atoms with Gasteiger partial charge in [0, 0.05) is 6.61 Å². The van der Waals surface area contributed by atoms with Crippen molar-refractivity contribution >= 4 is 0 Å². The van der Waals surface area contributed by atoms with E-state index in [0.717, 1.165) is 25.9 Å². The molecule has 1 unspecified atom stereocenters. The molecule has 0 aliphatic rings. The van der Waals surface area contributed by atoms with Crippen molar-refractivity contribution in [3.8, 4) is 0 Å². The van der Waals surface area contributed by atoms with E-state index >= 15 is 0 Å². The molecule has 0 fully saturated rings. The maximum absolute atomic E-state index is 6.12. The van der Waals surface area contributed by atoms with Crippen LogP contribution in [0.2, 0.25) is 0 Å². The Kier molecular flexibility index (Phi) is 6.49. The van der Waals surface area contributed by atoms with Gasteiger partial charge in [-0.1, -0.05) is 73.5 Å². The van der Waals surface area contributed by atoms with E-state index in [1.54, 1.807) is 0 Å². The van der Waals surface area contributed by atoms with Gasteiger partial charge in [0.25, 0.3) is 0 Å². The predicted octanol–water partition coefficient (Wildman–Crippen LogP) is 5.49. The van der Waals surface area contributed by atoms with Crippen molar-refractivity contribution < 1.29 is 4.74 Å². The Bertz CT molecular complexity index is 518. The van der Waals surface area contributed by atoms with E-state index in [9.17, 15) is 0 Å². The van der Waals surface area contributed by atoms with Gasteiger partial charge in [-0.25, -0.2) is 0 Å². The zero-order valence-corrected chi connectivity index (χ0v) is 13.2. The molecule has 2 aromatic rings. The third-order valence-corrected chi connectivity index (χ3v) is 3.77. The third kappa shape index (κ3) is 5.35. The van der Waals surface area contributed by atoms with Crippen LogP contribution in [0.15, 0.2) is 54.6 Å². The number of unbranched alkanes of at least 4 members (excludes halogenated alkanes) is 1. The van der Waals surface area contributed by atoms with Crippen molar-refractivity contribution in [3.05, 3.63) is 71.3 Å². The first-order chi connectivity index (χ1) is 10.3. The summed E-state index contributed by atoms with van der Waals surface area (Å²) in [5.41, 5.74) is 4.02. The number of aryl methyl sites for hydroxylation is 2. The fourth-order valence-electron chi connectivity index (χ4n) is 2.55. The fourth-order valence-corrected chi connectivity index (χ4v) is 2.55. The lowest BCUT2D eigenvalue weighted by molar-refractivity contribution is 0.0449. The molecule has 2 aromatic carbocycles. The van der Waals surface area contributed by atoms with Gasteiger partial charge in [-0.3, -0.25) is 0 Å². The van der Waals surface area contributed by atoms with Crippen LogP contribution in [0.4, 0.5) is 0 Å². The van der Waals surface area contributed by atoms with Crippen LogP contribution in [-0.4, -0.2) is 6.61 Å². The molecule has 0 aliphatic heterocycles. The molecule has 1 atom stereocenters. The highest BCUT2D eigenvalue weighted by atomic mass is 16.5. The second kappa shape index (κ2) is 8.63. The molecule has 112 valence electrons. The minimum atomic E-state index is 0.207. The minimum absolute atomic E-state index is 0.207. The summed E-state index contributed by atoms with van der Waals surface area (Å²) in [5, 5.41) is 0.